The largest absolute Gasteiger partial charge is 0.411 e. The van der Waals surface area contributed by atoms with Crippen LogP contribution in [0.3, 0.4) is 0 Å². The Hall–Kier alpha value is -2.61. The molecule has 0 unspecified atom stereocenters. The summed E-state index contributed by atoms with van der Waals surface area (Å²) in [5.41, 5.74) is 2.46. The number of hydrogen-bond donors (Lipinski definition) is 2. The molecule has 0 aliphatic carbocycles. The van der Waals surface area contributed by atoms with Gasteiger partial charge in [0, 0.05) is 12.7 Å². The van der Waals surface area contributed by atoms with Crippen LogP contribution in [0.4, 0.5) is 13.2 Å². The standard InChI is InChI=1S/C19H23F3N4O/c1-2-23-18(26-12-17-8-3-4-9-24-17)25-11-15-6-5-7-16(10-15)13-27-14-19(20,21)22/h3-10H,2,11-14H2,1H3,(H2,23,25,26). The number of halogens is 3. The van der Waals surface area contributed by atoms with Crippen LogP contribution in [0.1, 0.15) is 23.7 Å². The lowest BCUT2D eigenvalue weighted by Gasteiger charge is -2.11. The number of nitrogens with zero attached hydrogens (tertiary/aromatic N) is 2. The van der Waals surface area contributed by atoms with Gasteiger partial charge in [0.2, 0.25) is 0 Å². The fourth-order valence-electron chi connectivity index (χ4n) is 2.29. The minimum absolute atomic E-state index is 0.0882. The molecule has 0 aliphatic rings. The number of pyridine rings is 1. The normalized spacial score (nSPS) is 12.1. The van der Waals surface area contributed by atoms with E-state index < -0.39 is 12.8 Å². The number of aliphatic imine (C=N–C) groups is 1. The molecule has 5 nitrogen and oxygen atoms in total. The van der Waals surface area contributed by atoms with Crippen molar-refractivity contribution in [1.82, 2.24) is 15.6 Å². The fraction of sp³-hybridized carbons (Fsp3) is 0.368. The van der Waals surface area contributed by atoms with Crippen LogP contribution >= 0.6 is 0 Å². The van der Waals surface area contributed by atoms with Gasteiger partial charge in [0.1, 0.15) is 6.61 Å². The van der Waals surface area contributed by atoms with Crippen molar-refractivity contribution in [3.05, 3.63) is 65.5 Å². The van der Waals surface area contributed by atoms with Crippen molar-refractivity contribution in [2.24, 2.45) is 4.99 Å². The van der Waals surface area contributed by atoms with Crippen LogP contribution in [-0.2, 0) is 24.4 Å². The lowest BCUT2D eigenvalue weighted by Crippen LogP contribution is -2.37. The van der Waals surface area contributed by atoms with Gasteiger partial charge >= 0.3 is 6.18 Å². The van der Waals surface area contributed by atoms with Gasteiger partial charge in [-0.25, -0.2) is 4.99 Å². The summed E-state index contributed by atoms with van der Waals surface area (Å²) >= 11 is 0. The summed E-state index contributed by atoms with van der Waals surface area (Å²) in [7, 11) is 0. The molecule has 0 bridgehead atoms. The minimum atomic E-state index is -4.32. The second kappa shape index (κ2) is 10.5. The molecule has 1 aromatic heterocycles. The van der Waals surface area contributed by atoms with Gasteiger partial charge in [-0.1, -0.05) is 30.3 Å². The van der Waals surface area contributed by atoms with Crippen molar-refractivity contribution in [2.75, 3.05) is 13.2 Å². The molecule has 146 valence electrons. The van der Waals surface area contributed by atoms with E-state index in [1.807, 2.05) is 31.2 Å². The van der Waals surface area contributed by atoms with E-state index in [9.17, 15) is 13.2 Å². The Morgan fingerprint density at radius 2 is 1.93 bits per heavy atom. The van der Waals surface area contributed by atoms with Crippen molar-refractivity contribution in [3.8, 4) is 0 Å². The number of rotatable bonds is 8. The first-order valence-corrected chi connectivity index (χ1v) is 8.60. The Bertz CT molecular complexity index is 720. The average Bonchev–Trinajstić information content (AvgIpc) is 2.64. The average molecular weight is 380 g/mol. The Balaban J connectivity index is 1.91. The van der Waals surface area contributed by atoms with Crippen molar-refractivity contribution in [1.29, 1.82) is 0 Å². The van der Waals surface area contributed by atoms with Gasteiger partial charge in [-0.2, -0.15) is 13.2 Å². The van der Waals surface area contributed by atoms with E-state index in [0.717, 1.165) is 11.3 Å². The molecule has 27 heavy (non-hydrogen) atoms. The van der Waals surface area contributed by atoms with Crippen molar-refractivity contribution in [3.63, 3.8) is 0 Å². The van der Waals surface area contributed by atoms with E-state index >= 15 is 0 Å². The molecule has 0 atom stereocenters. The first-order valence-electron chi connectivity index (χ1n) is 8.60. The Morgan fingerprint density at radius 1 is 1.11 bits per heavy atom. The number of benzene rings is 1. The molecular formula is C19H23F3N4O. The van der Waals surface area contributed by atoms with Crippen LogP contribution in [0.5, 0.6) is 0 Å². The maximum Gasteiger partial charge on any atom is 0.411 e. The molecule has 2 N–H and O–H groups in total. The number of aromatic nitrogens is 1. The maximum atomic E-state index is 12.2. The van der Waals surface area contributed by atoms with Crippen LogP contribution in [-0.4, -0.2) is 30.3 Å². The van der Waals surface area contributed by atoms with E-state index in [-0.39, 0.29) is 6.61 Å². The van der Waals surface area contributed by atoms with Gasteiger partial charge in [-0.15, -0.1) is 0 Å². The van der Waals surface area contributed by atoms with Gasteiger partial charge < -0.3 is 15.4 Å². The van der Waals surface area contributed by atoms with E-state index in [1.165, 1.54) is 0 Å². The Morgan fingerprint density at radius 3 is 2.63 bits per heavy atom. The molecule has 0 saturated heterocycles. The van der Waals surface area contributed by atoms with Crippen LogP contribution in [0.25, 0.3) is 0 Å². The number of ether oxygens (including phenoxy) is 1. The zero-order valence-corrected chi connectivity index (χ0v) is 15.1. The van der Waals surface area contributed by atoms with Crippen molar-refractivity contribution >= 4 is 5.96 Å². The zero-order valence-electron chi connectivity index (χ0n) is 15.1. The highest BCUT2D eigenvalue weighted by molar-refractivity contribution is 5.79. The first kappa shape index (κ1) is 20.7. The molecule has 0 radical (unpaired) electrons. The predicted molar refractivity (Wildman–Crippen MR) is 98.0 cm³/mol. The third kappa shape index (κ3) is 8.54. The second-order valence-corrected chi connectivity index (χ2v) is 5.80. The van der Waals surface area contributed by atoms with Gasteiger partial charge in [0.25, 0.3) is 0 Å². The number of hydrogen-bond acceptors (Lipinski definition) is 3. The molecule has 2 rings (SSSR count). The Kier molecular flexibility index (Phi) is 8.06. The topological polar surface area (TPSA) is 58.5 Å². The maximum absolute atomic E-state index is 12.2. The molecule has 1 heterocycles. The van der Waals surface area contributed by atoms with Crippen LogP contribution in [0.2, 0.25) is 0 Å². The van der Waals surface area contributed by atoms with E-state index in [2.05, 4.69) is 20.6 Å². The second-order valence-electron chi connectivity index (χ2n) is 5.80. The summed E-state index contributed by atoms with van der Waals surface area (Å²) in [5, 5.41) is 6.35. The number of alkyl halides is 3. The fourth-order valence-corrected chi connectivity index (χ4v) is 2.29. The van der Waals surface area contributed by atoms with E-state index in [1.54, 1.807) is 24.4 Å². The minimum Gasteiger partial charge on any atom is -0.367 e. The first-order chi connectivity index (χ1) is 13.0. The number of guanidine groups is 1. The van der Waals surface area contributed by atoms with Gasteiger partial charge in [0.15, 0.2) is 5.96 Å². The van der Waals surface area contributed by atoms with Crippen LogP contribution in [0, 0.1) is 0 Å². The highest BCUT2D eigenvalue weighted by Gasteiger charge is 2.27. The van der Waals surface area contributed by atoms with Gasteiger partial charge in [0.05, 0.1) is 25.4 Å². The SMILES string of the molecule is CCNC(=NCc1cccc(COCC(F)(F)F)c1)NCc1ccccn1. The molecule has 0 saturated carbocycles. The number of nitrogens with one attached hydrogen (secondary N) is 2. The van der Waals surface area contributed by atoms with E-state index in [0.29, 0.717) is 31.2 Å². The molecule has 0 fully saturated rings. The molecule has 0 aliphatic heterocycles. The molecule has 0 amide bonds. The molecule has 2 aromatic rings. The van der Waals surface area contributed by atoms with Crippen LogP contribution in [0.15, 0.2) is 53.7 Å². The highest BCUT2D eigenvalue weighted by atomic mass is 19.4. The zero-order chi connectivity index (χ0) is 19.5. The van der Waals surface area contributed by atoms with Gasteiger partial charge in [-0.05, 0) is 30.2 Å². The summed E-state index contributed by atoms with van der Waals surface area (Å²) in [6.07, 6.45) is -2.59. The predicted octanol–water partition coefficient (Wildman–Crippen LogP) is 3.42. The lowest BCUT2D eigenvalue weighted by molar-refractivity contribution is -0.176. The molecular weight excluding hydrogens is 357 g/mol. The lowest BCUT2D eigenvalue weighted by atomic mass is 10.1. The van der Waals surface area contributed by atoms with Gasteiger partial charge in [-0.3, -0.25) is 4.98 Å². The van der Waals surface area contributed by atoms with Crippen molar-refractivity contribution < 1.29 is 17.9 Å². The quantitative estimate of drug-likeness (QED) is 0.544. The summed E-state index contributed by atoms with van der Waals surface area (Å²) in [6, 6.07) is 12.9. The molecule has 1 aromatic carbocycles. The highest BCUT2D eigenvalue weighted by Crippen LogP contribution is 2.16. The Labute approximate surface area is 156 Å². The van der Waals surface area contributed by atoms with Crippen LogP contribution < -0.4 is 10.6 Å². The summed E-state index contributed by atoms with van der Waals surface area (Å²) in [6.45, 7) is 2.27. The molecule has 8 heteroatoms. The van der Waals surface area contributed by atoms with Crippen molar-refractivity contribution in [2.45, 2.75) is 32.8 Å². The summed E-state index contributed by atoms with van der Waals surface area (Å²) < 4.78 is 41.2. The third-order valence-electron chi connectivity index (χ3n) is 3.45. The van der Waals surface area contributed by atoms with E-state index in [4.69, 9.17) is 4.74 Å². The summed E-state index contributed by atoms with van der Waals surface area (Å²) in [5.74, 6) is 0.641. The molecule has 0 spiro atoms. The monoisotopic (exact) mass is 380 g/mol. The smallest absolute Gasteiger partial charge is 0.367 e. The summed E-state index contributed by atoms with van der Waals surface area (Å²) in [4.78, 5) is 8.75. The third-order valence-corrected chi connectivity index (χ3v) is 3.45.